The molecule has 2 rings (SSSR count). The molecule has 0 unspecified atom stereocenters. The molecular formula is C10H12N2O3S3. The second-order valence-corrected chi connectivity index (χ2v) is 7.85. The van der Waals surface area contributed by atoms with Crippen LogP contribution in [0.5, 0.6) is 0 Å². The zero-order valence-electron chi connectivity index (χ0n) is 9.58. The molecule has 2 aromatic heterocycles. The van der Waals surface area contributed by atoms with Gasteiger partial charge in [-0.3, -0.25) is 0 Å². The number of aliphatic hydroxyl groups excluding tert-OH is 1. The van der Waals surface area contributed by atoms with E-state index in [1.54, 1.807) is 11.6 Å². The minimum atomic E-state index is -3.51. The number of sulfonamides is 1. The molecule has 0 radical (unpaired) electrons. The van der Waals surface area contributed by atoms with Crippen LogP contribution in [0, 0.1) is 6.92 Å². The maximum Gasteiger partial charge on any atom is 0.250 e. The van der Waals surface area contributed by atoms with Gasteiger partial charge in [-0.15, -0.1) is 22.7 Å². The number of aryl methyl sites for hydroxylation is 1. The van der Waals surface area contributed by atoms with Gasteiger partial charge in [-0.25, -0.2) is 18.1 Å². The number of nitrogens with one attached hydrogen (secondary N) is 1. The summed E-state index contributed by atoms with van der Waals surface area (Å²) in [5, 5.41) is 11.3. The molecule has 2 N–H and O–H groups in total. The number of hydrogen-bond donors (Lipinski definition) is 2. The van der Waals surface area contributed by atoms with Crippen molar-refractivity contribution in [1.82, 2.24) is 9.71 Å². The molecule has 8 heteroatoms. The number of thiazole rings is 1. The molecule has 2 heterocycles. The zero-order valence-corrected chi connectivity index (χ0v) is 12.0. The Bertz CT molecular complexity index is 630. The van der Waals surface area contributed by atoms with Crippen LogP contribution in [0.4, 0.5) is 0 Å². The third kappa shape index (κ3) is 3.15. The third-order valence-corrected chi connectivity index (χ3v) is 5.96. The Kier molecular flexibility index (Phi) is 4.13. The van der Waals surface area contributed by atoms with Gasteiger partial charge in [0.25, 0.3) is 0 Å². The molecule has 0 fully saturated rings. The van der Waals surface area contributed by atoms with Crippen molar-refractivity contribution in [3.63, 3.8) is 0 Å². The average molecular weight is 304 g/mol. The van der Waals surface area contributed by atoms with Crippen LogP contribution in [0.3, 0.4) is 0 Å². The zero-order chi connectivity index (χ0) is 13.2. The molecule has 5 nitrogen and oxygen atoms in total. The maximum atomic E-state index is 11.9. The van der Waals surface area contributed by atoms with Gasteiger partial charge in [-0.05, 0) is 23.9 Å². The van der Waals surface area contributed by atoms with E-state index in [-0.39, 0.29) is 17.4 Å². The standard InChI is InChI=1S/C10H12N2O3S3/c1-7-3-11-9(17-7)4-12-18(14,15)10-2-8(5-13)6-16-10/h2-3,6,12-13H,4-5H2,1H3. The van der Waals surface area contributed by atoms with Gasteiger partial charge in [0.2, 0.25) is 10.0 Å². The summed E-state index contributed by atoms with van der Waals surface area (Å²) in [6, 6.07) is 1.47. The van der Waals surface area contributed by atoms with Crippen LogP contribution in [-0.2, 0) is 23.2 Å². The highest BCUT2D eigenvalue weighted by Gasteiger charge is 2.16. The monoisotopic (exact) mass is 304 g/mol. The lowest BCUT2D eigenvalue weighted by Gasteiger charge is -2.01. The summed E-state index contributed by atoms with van der Waals surface area (Å²) in [6.07, 6.45) is 1.71. The van der Waals surface area contributed by atoms with E-state index in [1.807, 2.05) is 6.92 Å². The van der Waals surface area contributed by atoms with Crippen molar-refractivity contribution in [2.24, 2.45) is 0 Å². The first-order chi connectivity index (χ1) is 8.51. The molecule has 0 aliphatic rings. The Balaban J connectivity index is 2.07. The van der Waals surface area contributed by atoms with Crippen molar-refractivity contribution >= 4 is 32.7 Å². The van der Waals surface area contributed by atoms with Gasteiger partial charge in [0.1, 0.15) is 9.22 Å². The van der Waals surface area contributed by atoms with Gasteiger partial charge >= 0.3 is 0 Å². The van der Waals surface area contributed by atoms with Crippen LogP contribution in [0.25, 0.3) is 0 Å². The fraction of sp³-hybridized carbons (Fsp3) is 0.300. The number of hydrogen-bond acceptors (Lipinski definition) is 6. The van der Waals surface area contributed by atoms with Gasteiger partial charge in [-0.1, -0.05) is 0 Å². The molecule has 2 aromatic rings. The molecule has 0 bridgehead atoms. The number of rotatable bonds is 5. The lowest BCUT2D eigenvalue weighted by molar-refractivity contribution is 0.282. The third-order valence-electron chi connectivity index (χ3n) is 2.16. The number of nitrogens with zero attached hydrogens (tertiary/aromatic N) is 1. The van der Waals surface area contributed by atoms with Crippen LogP contribution in [0.2, 0.25) is 0 Å². The normalized spacial score (nSPS) is 11.9. The predicted molar refractivity (Wildman–Crippen MR) is 71.1 cm³/mol. The minimum absolute atomic E-state index is 0.155. The molecule has 0 saturated carbocycles. The Hall–Kier alpha value is -0.800. The van der Waals surface area contributed by atoms with Crippen molar-refractivity contribution in [2.75, 3.05) is 0 Å². The Morgan fingerprint density at radius 3 is 2.83 bits per heavy atom. The fourth-order valence-corrected chi connectivity index (χ4v) is 4.34. The van der Waals surface area contributed by atoms with E-state index in [0.717, 1.165) is 21.2 Å². The van der Waals surface area contributed by atoms with Crippen molar-refractivity contribution in [3.05, 3.63) is 33.1 Å². The molecular weight excluding hydrogens is 292 g/mol. The summed E-state index contributed by atoms with van der Waals surface area (Å²) in [6.45, 7) is 1.95. The first-order valence-corrected chi connectivity index (χ1v) is 8.28. The van der Waals surface area contributed by atoms with E-state index in [2.05, 4.69) is 9.71 Å². The number of thiophene rings is 1. The summed E-state index contributed by atoms with van der Waals surface area (Å²) < 4.78 is 26.6. The fourth-order valence-electron chi connectivity index (χ4n) is 1.29. The van der Waals surface area contributed by atoms with E-state index in [4.69, 9.17) is 5.11 Å². The Morgan fingerprint density at radius 1 is 1.50 bits per heavy atom. The number of aromatic nitrogens is 1. The summed E-state index contributed by atoms with van der Waals surface area (Å²) >= 11 is 2.55. The van der Waals surface area contributed by atoms with Crippen LogP contribution >= 0.6 is 22.7 Å². The van der Waals surface area contributed by atoms with Gasteiger partial charge in [0.15, 0.2) is 0 Å². The van der Waals surface area contributed by atoms with Gasteiger partial charge < -0.3 is 5.11 Å². The molecule has 0 aliphatic heterocycles. The van der Waals surface area contributed by atoms with Crippen molar-refractivity contribution in [1.29, 1.82) is 0 Å². The second kappa shape index (κ2) is 5.45. The average Bonchev–Trinajstić information content (AvgIpc) is 2.95. The number of aliphatic hydroxyl groups is 1. The molecule has 18 heavy (non-hydrogen) atoms. The van der Waals surface area contributed by atoms with Gasteiger partial charge in [0, 0.05) is 11.1 Å². The highest BCUT2D eigenvalue weighted by molar-refractivity contribution is 7.91. The van der Waals surface area contributed by atoms with E-state index in [9.17, 15) is 8.42 Å². The molecule has 0 atom stereocenters. The molecule has 0 spiro atoms. The van der Waals surface area contributed by atoms with E-state index in [0.29, 0.717) is 5.56 Å². The molecule has 0 aliphatic carbocycles. The van der Waals surface area contributed by atoms with Crippen molar-refractivity contribution < 1.29 is 13.5 Å². The van der Waals surface area contributed by atoms with Crippen LogP contribution in [0.15, 0.2) is 21.9 Å². The molecule has 0 amide bonds. The van der Waals surface area contributed by atoms with Gasteiger partial charge in [0.05, 0.1) is 13.2 Å². The molecule has 0 saturated heterocycles. The second-order valence-electron chi connectivity index (χ2n) is 3.62. The summed E-state index contributed by atoms with van der Waals surface area (Å²) in [7, 11) is -3.51. The summed E-state index contributed by atoms with van der Waals surface area (Å²) in [5.41, 5.74) is 0.602. The Labute approximate surface area is 113 Å². The summed E-state index contributed by atoms with van der Waals surface area (Å²) in [4.78, 5) is 5.13. The predicted octanol–water partition coefficient (Wildman–Crippen LogP) is 1.48. The molecule has 98 valence electrons. The smallest absolute Gasteiger partial charge is 0.250 e. The largest absolute Gasteiger partial charge is 0.392 e. The Morgan fingerprint density at radius 2 is 2.28 bits per heavy atom. The minimum Gasteiger partial charge on any atom is -0.392 e. The SMILES string of the molecule is Cc1cnc(CNS(=O)(=O)c2cc(CO)cs2)s1. The van der Waals surface area contributed by atoms with Crippen LogP contribution < -0.4 is 4.72 Å². The van der Waals surface area contributed by atoms with E-state index < -0.39 is 10.0 Å². The maximum absolute atomic E-state index is 11.9. The first kappa shape index (κ1) is 13.6. The molecule has 0 aromatic carbocycles. The van der Waals surface area contributed by atoms with Crippen molar-refractivity contribution in [3.8, 4) is 0 Å². The van der Waals surface area contributed by atoms with E-state index in [1.165, 1.54) is 17.4 Å². The van der Waals surface area contributed by atoms with Crippen LogP contribution in [0.1, 0.15) is 15.4 Å². The van der Waals surface area contributed by atoms with Crippen molar-refractivity contribution in [2.45, 2.75) is 24.3 Å². The first-order valence-electron chi connectivity index (χ1n) is 5.10. The quantitative estimate of drug-likeness (QED) is 0.877. The summed E-state index contributed by atoms with van der Waals surface area (Å²) in [5.74, 6) is 0. The highest BCUT2D eigenvalue weighted by atomic mass is 32.2. The highest BCUT2D eigenvalue weighted by Crippen LogP contribution is 2.20. The van der Waals surface area contributed by atoms with E-state index >= 15 is 0 Å². The van der Waals surface area contributed by atoms with Gasteiger partial charge in [-0.2, -0.15) is 0 Å². The lowest BCUT2D eigenvalue weighted by Crippen LogP contribution is -2.22. The lowest BCUT2D eigenvalue weighted by atomic mass is 10.4. The van der Waals surface area contributed by atoms with Crippen LogP contribution in [-0.4, -0.2) is 18.5 Å². The topological polar surface area (TPSA) is 79.3 Å².